The summed E-state index contributed by atoms with van der Waals surface area (Å²) in [6.45, 7) is 0.288. The molecule has 0 bridgehead atoms. The van der Waals surface area contributed by atoms with E-state index < -0.39 is 5.97 Å². The maximum atomic E-state index is 12.2. The Kier molecular flexibility index (Phi) is 6.91. The molecule has 8 heteroatoms. The monoisotopic (exact) mass is 419 g/mol. The van der Waals surface area contributed by atoms with Gasteiger partial charge in [-0.3, -0.25) is 0 Å². The predicted molar refractivity (Wildman–Crippen MR) is 114 cm³/mol. The fraction of sp³-hybridized carbons (Fsp3) is 0.174. The summed E-state index contributed by atoms with van der Waals surface area (Å²) < 4.78 is 21.8. The molecule has 0 atom stereocenters. The minimum absolute atomic E-state index is 0.216. The van der Waals surface area contributed by atoms with Crippen LogP contribution >= 0.6 is 0 Å². The molecule has 3 rings (SSSR count). The molecule has 0 aliphatic carbocycles. The molecule has 158 valence electrons. The van der Waals surface area contributed by atoms with Gasteiger partial charge >= 0.3 is 5.97 Å². The second-order valence-corrected chi connectivity index (χ2v) is 6.39. The lowest BCUT2D eigenvalue weighted by atomic mass is 10.1. The van der Waals surface area contributed by atoms with Crippen molar-refractivity contribution in [3.8, 4) is 17.6 Å². The molecule has 0 aromatic heterocycles. The molecule has 8 nitrogen and oxygen atoms in total. The zero-order valence-corrected chi connectivity index (χ0v) is 17.4. The standard InChI is InChI=1S/C23H21N3O5/c1-26-15-25-21(30-19-10-6-4-8-16(19)13-24)12-22(26)31-20-11-7-5-9-17(20)18(14-28-2)23(27)29-3/h4-12,14H,15H2,1-3H3/b18-14+. The van der Waals surface area contributed by atoms with E-state index in [1.165, 1.54) is 20.5 Å². The second-order valence-electron chi connectivity index (χ2n) is 6.39. The molecular formula is C23H21N3O5. The first-order chi connectivity index (χ1) is 15.1. The van der Waals surface area contributed by atoms with Gasteiger partial charge in [-0.1, -0.05) is 30.3 Å². The Balaban J connectivity index is 1.90. The average Bonchev–Trinajstić information content (AvgIpc) is 2.80. The van der Waals surface area contributed by atoms with Crippen LogP contribution in [0.15, 0.2) is 71.7 Å². The maximum absolute atomic E-state index is 12.2. The minimum Gasteiger partial charge on any atom is -0.503 e. The first kappa shape index (κ1) is 21.5. The highest BCUT2D eigenvalue weighted by molar-refractivity contribution is 6.17. The van der Waals surface area contributed by atoms with Crippen molar-refractivity contribution < 1.29 is 23.7 Å². The van der Waals surface area contributed by atoms with E-state index in [0.29, 0.717) is 34.4 Å². The first-order valence-electron chi connectivity index (χ1n) is 9.30. The van der Waals surface area contributed by atoms with Gasteiger partial charge in [-0.15, -0.1) is 0 Å². The number of hydrogen-bond donors (Lipinski definition) is 0. The molecule has 0 spiro atoms. The van der Waals surface area contributed by atoms with Crippen molar-refractivity contribution in [2.24, 2.45) is 4.99 Å². The Morgan fingerprint density at radius 2 is 1.81 bits per heavy atom. The third kappa shape index (κ3) is 5.03. The van der Waals surface area contributed by atoms with E-state index in [2.05, 4.69) is 11.1 Å². The molecule has 1 aliphatic rings. The van der Waals surface area contributed by atoms with Gasteiger partial charge in [-0.25, -0.2) is 9.79 Å². The molecule has 0 N–H and O–H groups in total. The molecule has 0 fully saturated rings. The van der Waals surface area contributed by atoms with Crippen molar-refractivity contribution in [1.82, 2.24) is 4.90 Å². The molecule has 2 aromatic carbocycles. The highest BCUT2D eigenvalue weighted by Crippen LogP contribution is 2.29. The Morgan fingerprint density at radius 1 is 1.10 bits per heavy atom. The Bertz CT molecular complexity index is 1100. The van der Waals surface area contributed by atoms with Crippen molar-refractivity contribution in [3.63, 3.8) is 0 Å². The van der Waals surface area contributed by atoms with Crippen molar-refractivity contribution in [2.45, 2.75) is 0 Å². The summed E-state index contributed by atoms with van der Waals surface area (Å²) in [5, 5.41) is 9.26. The van der Waals surface area contributed by atoms with Crippen LogP contribution in [0.2, 0.25) is 0 Å². The van der Waals surface area contributed by atoms with Crippen LogP contribution in [0.1, 0.15) is 11.1 Å². The van der Waals surface area contributed by atoms with Crippen LogP contribution < -0.4 is 9.47 Å². The van der Waals surface area contributed by atoms with Gasteiger partial charge in [0.15, 0.2) is 0 Å². The van der Waals surface area contributed by atoms with E-state index in [1.807, 2.05) is 7.05 Å². The van der Waals surface area contributed by atoms with E-state index in [4.69, 9.17) is 18.9 Å². The molecular weight excluding hydrogens is 398 g/mol. The zero-order valence-electron chi connectivity index (χ0n) is 17.4. The summed E-state index contributed by atoms with van der Waals surface area (Å²) in [5.41, 5.74) is 1.12. The summed E-state index contributed by atoms with van der Waals surface area (Å²) in [6, 6.07) is 16.0. The van der Waals surface area contributed by atoms with Crippen LogP contribution in [0.3, 0.4) is 0 Å². The van der Waals surface area contributed by atoms with Gasteiger partial charge in [0.1, 0.15) is 29.8 Å². The van der Waals surface area contributed by atoms with Crippen molar-refractivity contribution in [2.75, 3.05) is 27.9 Å². The number of rotatable bonds is 6. The highest BCUT2D eigenvalue weighted by atomic mass is 16.5. The molecule has 0 saturated carbocycles. The Labute approximate surface area is 180 Å². The molecule has 31 heavy (non-hydrogen) atoms. The number of nitriles is 1. The number of carbonyl (C=O) groups excluding carboxylic acids is 1. The van der Waals surface area contributed by atoms with Gasteiger partial charge in [0.05, 0.1) is 32.1 Å². The van der Waals surface area contributed by atoms with Crippen LogP contribution in [0.4, 0.5) is 0 Å². The number of aliphatic imine (C=N–C) groups is 1. The van der Waals surface area contributed by atoms with Crippen LogP contribution in [0.25, 0.3) is 5.57 Å². The van der Waals surface area contributed by atoms with Gasteiger partial charge in [0.25, 0.3) is 0 Å². The van der Waals surface area contributed by atoms with Gasteiger partial charge in [0, 0.05) is 12.6 Å². The average molecular weight is 419 g/mol. The zero-order chi connectivity index (χ0) is 22.2. The smallest absolute Gasteiger partial charge is 0.341 e. The first-order valence-corrected chi connectivity index (χ1v) is 9.30. The van der Waals surface area contributed by atoms with E-state index in [0.717, 1.165) is 0 Å². The largest absolute Gasteiger partial charge is 0.503 e. The predicted octanol–water partition coefficient (Wildman–Crippen LogP) is 3.32. The molecule has 2 aromatic rings. The van der Waals surface area contributed by atoms with Crippen LogP contribution in [0, 0.1) is 11.3 Å². The van der Waals surface area contributed by atoms with Gasteiger partial charge in [0.2, 0.25) is 11.8 Å². The molecule has 0 radical (unpaired) electrons. The summed E-state index contributed by atoms with van der Waals surface area (Å²) in [7, 11) is 4.55. The molecule has 0 amide bonds. The number of para-hydroxylation sites is 2. The van der Waals surface area contributed by atoms with Crippen LogP contribution in [0.5, 0.6) is 11.5 Å². The fourth-order valence-electron chi connectivity index (χ4n) is 2.78. The van der Waals surface area contributed by atoms with E-state index in [1.54, 1.807) is 59.5 Å². The summed E-state index contributed by atoms with van der Waals surface area (Å²) in [5.74, 6) is 1.03. The van der Waals surface area contributed by atoms with Crippen molar-refractivity contribution in [3.05, 3.63) is 77.9 Å². The summed E-state index contributed by atoms with van der Waals surface area (Å²) in [4.78, 5) is 18.3. The van der Waals surface area contributed by atoms with E-state index in [9.17, 15) is 10.1 Å². The number of nitrogens with zero attached hydrogens (tertiary/aromatic N) is 3. The van der Waals surface area contributed by atoms with E-state index >= 15 is 0 Å². The maximum Gasteiger partial charge on any atom is 0.341 e. The van der Waals surface area contributed by atoms with Crippen molar-refractivity contribution in [1.29, 1.82) is 5.26 Å². The SMILES string of the molecule is CO/C=C(/C(=O)OC)c1ccccc1OC1=CC(Oc2ccccc2C#N)=NCN1C. The Hall–Kier alpha value is -4.25. The molecule has 1 heterocycles. The second kappa shape index (κ2) is 9.98. The summed E-state index contributed by atoms with van der Waals surface area (Å²) >= 11 is 0. The van der Waals surface area contributed by atoms with Crippen molar-refractivity contribution >= 4 is 17.4 Å². The quantitative estimate of drug-likeness (QED) is 0.403. The topological polar surface area (TPSA) is 93.4 Å². The lowest BCUT2D eigenvalue weighted by Crippen LogP contribution is -2.29. The fourth-order valence-corrected chi connectivity index (χ4v) is 2.78. The molecule has 0 unspecified atom stereocenters. The highest BCUT2D eigenvalue weighted by Gasteiger charge is 2.21. The third-order valence-electron chi connectivity index (χ3n) is 4.32. The van der Waals surface area contributed by atoms with Gasteiger partial charge < -0.3 is 23.8 Å². The van der Waals surface area contributed by atoms with E-state index in [-0.39, 0.29) is 12.2 Å². The number of methoxy groups -OCH3 is 2. The Morgan fingerprint density at radius 3 is 2.52 bits per heavy atom. The van der Waals surface area contributed by atoms with Crippen LogP contribution in [-0.2, 0) is 14.3 Å². The number of ether oxygens (including phenoxy) is 4. The molecule has 0 saturated heterocycles. The summed E-state index contributed by atoms with van der Waals surface area (Å²) in [6.07, 6.45) is 2.92. The van der Waals surface area contributed by atoms with Gasteiger partial charge in [-0.2, -0.15) is 5.26 Å². The number of benzene rings is 2. The lowest BCUT2D eigenvalue weighted by Gasteiger charge is -2.25. The number of carbonyl (C=O) groups is 1. The number of esters is 1. The van der Waals surface area contributed by atoms with Gasteiger partial charge in [-0.05, 0) is 18.2 Å². The normalized spacial score (nSPS) is 13.5. The third-order valence-corrected chi connectivity index (χ3v) is 4.32. The number of hydrogen-bond acceptors (Lipinski definition) is 8. The minimum atomic E-state index is -0.553. The lowest BCUT2D eigenvalue weighted by molar-refractivity contribution is -0.133. The molecule has 1 aliphatic heterocycles. The van der Waals surface area contributed by atoms with Crippen LogP contribution in [-0.4, -0.2) is 44.7 Å².